The van der Waals surface area contributed by atoms with Crippen LogP contribution in [0.4, 0.5) is 5.82 Å². The fourth-order valence-corrected chi connectivity index (χ4v) is 3.81. The molecule has 0 aliphatic heterocycles. The lowest BCUT2D eigenvalue weighted by molar-refractivity contribution is 0.235. The van der Waals surface area contributed by atoms with Gasteiger partial charge in [0.05, 0.1) is 36.5 Å². The molecule has 5 N–H and O–H groups in total. The van der Waals surface area contributed by atoms with Gasteiger partial charge in [0.2, 0.25) is 5.62 Å². The van der Waals surface area contributed by atoms with Crippen molar-refractivity contribution in [3.63, 3.8) is 0 Å². The van der Waals surface area contributed by atoms with E-state index in [-0.39, 0.29) is 48.6 Å². The van der Waals surface area contributed by atoms with Crippen molar-refractivity contribution >= 4 is 16.9 Å². The van der Waals surface area contributed by atoms with E-state index in [4.69, 9.17) is 14.7 Å². The third-order valence-electron chi connectivity index (χ3n) is 5.84. The smallest absolute Gasteiger partial charge is 0.228 e. The number of methoxy groups -OCH3 is 1. The first-order chi connectivity index (χ1) is 16.1. The molecule has 0 saturated heterocycles. The Morgan fingerprint density at radius 2 is 1.76 bits per heavy atom. The van der Waals surface area contributed by atoms with Crippen LogP contribution in [0.1, 0.15) is 64.8 Å². The summed E-state index contributed by atoms with van der Waals surface area (Å²) in [4.78, 5) is 9.58. The Balaban J connectivity index is 2.21. The lowest BCUT2D eigenvalue weighted by Crippen LogP contribution is -2.32. The normalized spacial score (nSPS) is 13.4. The molecule has 0 radical (unpaired) electrons. The lowest BCUT2D eigenvalue weighted by atomic mass is 10.1. The van der Waals surface area contributed by atoms with Crippen molar-refractivity contribution in [1.82, 2.24) is 19.7 Å². The number of nitrogens with one attached hydrogen (secondary N) is 2. The number of aromatic hydroxyl groups is 2. The molecular formula is C24H36N6O4. The predicted molar refractivity (Wildman–Crippen MR) is 131 cm³/mol. The molecule has 10 nitrogen and oxygen atoms in total. The highest BCUT2D eigenvalue weighted by molar-refractivity contribution is 5.87. The van der Waals surface area contributed by atoms with Crippen LogP contribution in [0.25, 0.3) is 11.0 Å². The first-order valence-electron chi connectivity index (χ1n) is 11.6. The summed E-state index contributed by atoms with van der Waals surface area (Å²) in [6, 6.07) is 2.61. The van der Waals surface area contributed by atoms with Crippen LogP contribution >= 0.6 is 0 Å². The predicted octanol–water partition coefficient (Wildman–Crippen LogP) is 3.41. The number of hydrogen-bond donors (Lipinski definition) is 5. The molecular weight excluding hydrogens is 436 g/mol. The number of rotatable bonds is 9. The zero-order valence-electron chi connectivity index (χ0n) is 20.9. The van der Waals surface area contributed by atoms with Crippen molar-refractivity contribution in [3.8, 4) is 17.2 Å². The minimum atomic E-state index is -0.313. The molecule has 10 heteroatoms. The van der Waals surface area contributed by atoms with E-state index in [1.807, 2.05) is 18.4 Å². The Morgan fingerprint density at radius 1 is 1.12 bits per heavy atom. The zero-order chi connectivity index (χ0) is 25.2. The van der Waals surface area contributed by atoms with E-state index in [9.17, 15) is 15.3 Å². The van der Waals surface area contributed by atoms with Crippen LogP contribution < -0.4 is 15.7 Å². The second-order valence-electron chi connectivity index (χ2n) is 9.33. The average Bonchev–Trinajstić information content (AvgIpc) is 3.21. The van der Waals surface area contributed by atoms with Crippen molar-refractivity contribution < 1.29 is 20.1 Å². The Morgan fingerprint density at radius 3 is 2.26 bits per heavy atom. The maximum absolute atomic E-state index is 10.4. The Bertz CT molecular complexity index is 1190. The fourth-order valence-electron chi connectivity index (χ4n) is 3.81. The van der Waals surface area contributed by atoms with Crippen molar-refractivity contribution in [1.29, 1.82) is 0 Å². The molecule has 0 saturated carbocycles. The van der Waals surface area contributed by atoms with Crippen LogP contribution in [0.2, 0.25) is 0 Å². The number of phenolic OH excluding ortho intramolecular Hbond substituents is 2. The number of fused-ring (bicyclic) bond motifs is 1. The number of aromatic nitrogens is 4. The number of phenols is 2. The van der Waals surface area contributed by atoms with Gasteiger partial charge in [-0.05, 0) is 25.7 Å². The largest absolute Gasteiger partial charge is 0.507 e. The van der Waals surface area contributed by atoms with E-state index in [0.717, 1.165) is 11.2 Å². The molecule has 3 aromatic rings. The molecule has 2 heterocycles. The molecule has 1 atom stereocenters. The number of H-pyrrole nitrogens is 1. The standard InChI is InChI=1S/C24H36N6O4/c1-12(2)17(11-31)26-24-27-23(25-10-16-18(32)8-15(34-7)9-19(16)33)21-22(30(24)14(5)6)20(13(3)4)28-29-21/h8-9,12-14,17,31-33H,10-11H2,1-7H3,(H,28,29)(H,25,26,27). The molecule has 1 aromatic carbocycles. The number of benzene rings is 1. The summed E-state index contributed by atoms with van der Waals surface area (Å²) in [5.74, 6) is 0.931. The molecule has 34 heavy (non-hydrogen) atoms. The third-order valence-corrected chi connectivity index (χ3v) is 5.84. The summed E-state index contributed by atoms with van der Waals surface area (Å²) < 4.78 is 7.13. The van der Waals surface area contributed by atoms with Gasteiger partial charge >= 0.3 is 0 Å². The highest BCUT2D eigenvalue weighted by atomic mass is 16.5. The quantitative estimate of drug-likeness (QED) is 0.321. The van der Waals surface area contributed by atoms with Gasteiger partial charge in [-0.25, -0.2) is 4.99 Å². The topological polar surface area (TPSA) is 141 Å². The van der Waals surface area contributed by atoms with E-state index < -0.39 is 0 Å². The lowest BCUT2D eigenvalue weighted by Gasteiger charge is -2.19. The summed E-state index contributed by atoms with van der Waals surface area (Å²) in [7, 11) is 1.46. The van der Waals surface area contributed by atoms with Gasteiger partial charge in [-0.3, -0.25) is 5.10 Å². The summed E-state index contributed by atoms with van der Waals surface area (Å²) >= 11 is 0. The maximum atomic E-state index is 10.4. The summed E-state index contributed by atoms with van der Waals surface area (Å²) in [5.41, 5.74) is 3.25. The average molecular weight is 473 g/mol. The molecule has 1 unspecified atom stereocenters. The molecule has 186 valence electrons. The summed E-state index contributed by atoms with van der Waals surface area (Å²) in [5, 5.41) is 41.6. The van der Waals surface area contributed by atoms with Gasteiger partial charge in [0, 0.05) is 24.7 Å². The number of aromatic amines is 1. The SMILES string of the molecule is COc1cc(O)c(CNc2nc(=NC(CO)C(C)C)n(C(C)C)c3c(C(C)C)[nH]nc23)c(O)c1. The van der Waals surface area contributed by atoms with E-state index in [1.165, 1.54) is 19.2 Å². The molecule has 0 amide bonds. The van der Waals surface area contributed by atoms with Crippen LogP contribution in [-0.4, -0.2) is 54.8 Å². The van der Waals surface area contributed by atoms with Gasteiger partial charge < -0.3 is 29.9 Å². The van der Waals surface area contributed by atoms with E-state index in [0.29, 0.717) is 28.3 Å². The number of ether oxygens (including phenoxy) is 1. The monoisotopic (exact) mass is 472 g/mol. The number of aliphatic hydroxyl groups is 1. The zero-order valence-corrected chi connectivity index (χ0v) is 20.9. The molecule has 0 aliphatic carbocycles. The highest BCUT2D eigenvalue weighted by Gasteiger charge is 2.22. The fraction of sp³-hybridized carbons (Fsp3) is 0.542. The Labute approximate surface area is 199 Å². The second kappa shape index (κ2) is 10.3. The van der Waals surface area contributed by atoms with E-state index >= 15 is 0 Å². The van der Waals surface area contributed by atoms with Crippen LogP contribution in [0.15, 0.2) is 17.1 Å². The van der Waals surface area contributed by atoms with Gasteiger partial charge in [0.25, 0.3) is 0 Å². The van der Waals surface area contributed by atoms with E-state index in [2.05, 4.69) is 43.2 Å². The van der Waals surface area contributed by atoms with Gasteiger partial charge in [0.15, 0.2) is 11.3 Å². The minimum Gasteiger partial charge on any atom is -0.507 e. The molecule has 2 aromatic heterocycles. The summed E-state index contributed by atoms with van der Waals surface area (Å²) in [6.45, 7) is 12.3. The van der Waals surface area contributed by atoms with Gasteiger partial charge in [-0.2, -0.15) is 10.1 Å². The van der Waals surface area contributed by atoms with E-state index in [1.54, 1.807) is 0 Å². The first kappa shape index (κ1) is 25.4. The van der Waals surface area contributed by atoms with Crippen molar-refractivity contribution in [2.45, 2.75) is 66.1 Å². The van der Waals surface area contributed by atoms with Gasteiger partial charge in [-0.15, -0.1) is 0 Å². The summed E-state index contributed by atoms with van der Waals surface area (Å²) in [6.07, 6.45) is 0. The third kappa shape index (κ3) is 4.96. The van der Waals surface area contributed by atoms with Crippen LogP contribution in [0, 0.1) is 5.92 Å². The van der Waals surface area contributed by atoms with Crippen molar-refractivity contribution in [3.05, 3.63) is 29.0 Å². The van der Waals surface area contributed by atoms with Crippen molar-refractivity contribution in [2.24, 2.45) is 10.9 Å². The number of aliphatic hydroxyl groups excluding tert-OH is 1. The maximum Gasteiger partial charge on any atom is 0.228 e. The molecule has 0 aliphatic rings. The van der Waals surface area contributed by atoms with Gasteiger partial charge in [0.1, 0.15) is 17.2 Å². The second-order valence-corrected chi connectivity index (χ2v) is 9.33. The molecule has 0 spiro atoms. The molecule has 3 rings (SSSR count). The van der Waals surface area contributed by atoms with Crippen LogP contribution in [0.5, 0.6) is 17.2 Å². The van der Waals surface area contributed by atoms with Crippen molar-refractivity contribution in [2.75, 3.05) is 19.0 Å². The minimum absolute atomic E-state index is 0.0408. The Hall–Kier alpha value is -3.27. The first-order valence-corrected chi connectivity index (χ1v) is 11.6. The Kier molecular flexibility index (Phi) is 7.71. The highest BCUT2D eigenvalue weighted by Crippen LogP contribution is 2.34. The molecule has 0 fully saturated rings. The number of nitrogens with zero attached hydrogens (tertiary/aromatic N) is 4. The van der Waals surface area contributed by atoms with Crippen LogP contribution in [0.3, 0.4) is 0 Å². The number of anilines is 1. The van der Waals surface area contributed by atoms with Gasteiger partial charge in [-0.1, -0.05) is 27.7 Å². The molecule has 0 bridgehead atoms. The van der Waals surface area contributed by atoms with Crippen LogP contribution in [-0.2, 0) is 6.54 Å². The number of hydrogen-bond acceptors (Lipinski definition) is 8.